The van der Waals surface area contributed by atoms with Gasteiger partial charge in [0.2, 0.25) is 0 Å². The molecule has 5 nitrogen and oxygen atoms in total. The molecular weight excluding hydrogens is 266 g/mol. The molecule has 0 bridgehead atoms. The minimum Gasteiger partial charge on any atom is -0.379 e. The fourth-order valence-corrected chi connectivity index (χ4v) is 2.20. The number of Topliss-reactive ketones (excluding diaryl/α,β-unsaturated/α-hetero) is 1. The molecular formula is C13H19NO4S. The first-order valence-electron chi connectivity index (χ1n) is 5.99. The fraction of sp³-hybridized carbons (Fsp3) is 0.462. The van der Waals surface area contributed by atoms with E-state index >= 15 is 0 Å². The lowest BCUT2D eigenvalue weighted by Crippen LogP contribution is -2.32. The van der Waals surface area contributed by atoms with Crippen molar-refractivity contribution in [3.05, 3.63) is 29.8 Å². The Morgan fingerprint density at radius 3 is 2.37 bits per heavy atom. The predicted molar refractivity (Wildman–Crippen MR) is 72.6 cm³/mol. The van der Waals surface area contributed by atoms with E-state index in [2.05, 4.69) is 5.32 Å². The zero-order valence-electron chi connectivity index (χ0n) is 11.1. The number of carbonyl (C=O) groups excluding carboxylic acids is 1. The molecule has 1 aromatic rings. The van der Waals surface area contributed by atoms with E-state index in [1.165, 1.54) is 6.92 Å². The van der Waals surface area contributed by atoms with Gasteiger partial charge in [-0.15, -0.1) is 0 Å². The number of ketones is 1. The number of carbonyl (C=O) groups is 1. The van der Waals surface area contributed by atoms with Crippen molar-refractivity contribution in [1.82, 2.24) is 5.32 Å². The minimum absolute atomic E-state index is 0.0310. The number of aliphatic hydroxyl groups excluding tert-OH is 1. The Morgan fingerprint density at radius 2 is 1.89 bits per heavy atom. The number of hydrogen-bond donors (Lipinski definition) is 2. The number of benzene rings is 1. The van der Waals surface area contributed by atoms with Crippen LogP contribution in [0, 0.1) is 0 Å². The van der Waals surface area contributed by atoms with Crippen LogP contribution in [0.5, 0.6) is 0 Å². The van der Waals surface area contributed by atoms with Crippen LogP contribution in [0.1, 0.15) is 18.9 Å². The third-order valence-electron chi connectivity index (χ3n) is 2.64. The van der Waals surface area contributed by atoms with E-state index in [4.69, 9.17) is 0 Å². The number of rotatable bonds is 7. The molecule has 0 aromatic heterocycles. The van der Waals surface area contributed by atoms with E-state index < -0.39 is 16.1 Å². The first-order chi connectivity index (χ1) is 8.79. The third kappa shape index (κ3) is 5.96. The van der Waals surface area contributed by atoms with E-state index in [-0.39, 0.29) is 17.2 Å². The van der Waals surface area contributed by atoms with Gasteiger partial charge in [-0.25, -0.2) is 8.42 Å². The van der Waals surface area contributed by atoms with Crippen LogP contribution < -0.4 is 5.32 Å². The van der Waals surface area contributed by atoms with Gasteiger partial charge in [-0.05, 0) is 37.5 Å². The Morgan fingerprint density at radius 1 is 1.32 bits per heavy atom. The molecule has 0 aliphatic rings. The molecule has 1 unspecified atom stereocenters. The van der Waals surface area contributed by atoms with E-state index in [1.54, 1.807) is 24.3 Å². The van der Waals surface area contributed by atoms with Crippen LogP contribution in [0.15, 0.2) is 29.2 Å². The Kier molecular flexibility index (Phi) is 5.65. The van der Waals surface area contributed by atoms with Crippen LogP contribution >= 0.6 is 0 Å². The van der Waals surface area contributed by atoms with Gasteiger partial charge in [0.15, 0.2) is 9.84 Å². The molecule has 0 aliphatic carbocycles. The first-order valence-corrected chi connectivity index (χ1v) is 7.88. The molecule has 0 saturated heterocycles. The Hall–Kier alpha value is -1.24. The average molecular weight is 285 g/mol. The lowest BCUT2D eigenvalue weighted by Gasteiger charge is -2.11. The molecule has 0 saturated carbocycles. The summed E-state index contributed by atoms with van der Waals surface area (Å²) < 4.78 is 22.6. The van der Waals surface area contributed by atoms with Crippen LogP contribution in [0.4, 0.5) is 0 Å². The highest BCUT2D eigenvalue weighted by molar-refractivity contribution is 7.90. The standard InChI is InChI=1S/C13H19NO4S/c1-10(15)9-14-13(16)8-5-11-3-6-12(7-4-11)19(2,17)18/h3-4,6-7,13-14,16H,5,8-9H2,1-2H3. The van der Waals surface area contributed by atoms with Gasteiger partial charge in [-0.2, -0.15) is 0 Å². The molecule has 1 atom stereocenters. The van der Waals surface area contributed by atoms with Crippen molar-refractivity contribution in [2.75, 3.05) is 12.8 Å². The minimum atomic E-state index is -3.17. The second-order valence-corrected chi connectivity index (χ2v) is 6.57. The van der Waals surface area contributed by atoms with E-state index in [9.17, 15) is 18.3 Å². The first kappa shape index (κ1) is 15.8. The molecule has 0 radical (unpaired) electrons. The van der Waals surface area contributed by atoms with Crippen LogP contribution in [-0.4, -0.2) is 38.3 Å². The van der Waals surface area contributed by atoms with Crippen molar-refractivity contribution in [2.24, 2.45) is 0 Å². The summed E-state index contributed by atoms with van der Waals surface area (Å²) in [6.45, 7) is 1.60. The monoisotopic (exact) mass is 285 g/mol. The van der Waals surface area contributed by atoms with E-state index in [1.807, 2.05) is 0 Å². The molecule has 1 aromatic carbocycles. The lowest BCUT2D eigenvalue weighted by atomic mass is 10.1. The third-order valence-corrected chi connectivity index (χ3v) is 3.77. The number of sulfone groups is 1. The summed E-state index contributed by atoms with van der Waals surface area (Å²) >= 11 is 0. The van der Waals surface area contributed by atoms with Gasteiger partial charge >= 0.3 is 0 Å². The maximum absolute atomic E-state index is 11.3. The molecule has 0 fully saturated rings. The average Bonchev–Trinajstić information content (AvgIpc) is 2.33. The normalized spacial score (nSPS) is 13.2. The SMILES string of the molecule is CC(=O)CNC(O)CCc1ccc(S(C)(=O)=O)cc1. The Labute approximate surface area is 113 Å². The molecule has 1 rings (SSSR count). The summed E-state index contributed by atoms with van der Waals surface area (Å²) in [5.74, 6) is -0.0310. The molecule has 0 spiro atoms. The topological polar surface area (TPSA) is 83.5 Å². The second kappa shape index (κ2) is 6.79. The summed E-state index contributed by atoms with van der Waals surface area (Å²) in [5, 5.41) is 12.3. The molecule has 0 amide bonds. The van der Waals surface area contributed by atoms with Gasteiger partial charge < -0.3 is 5.11 Å². The zero-order valence-corrected chi connectivity index (χ0v) is 11.9. The highest BCUT2D eigenvalue weighted by Crippen LogP contribution is 2.12. The fourth-order valence-electron chi connectivity index (χ4n) is 1.57. The summed E-state index contributed by atoms with van der Waals surface area (Å²) in [6.07, 6.45) is 1.50. The highest BCUT2D eigenvalue weighted by atomic mass is 32.2. The molecule has 19 heavy (non-hydrogen) atoms. The summed E-state index contributed by atoms with van der Waals surface area (Å²) in [4.78, 5) is 11.0. The Balaban J connectivity index is 2.48. The molecule has 0 aliphatic heterocycles. The Bertz CT molecular complexity index is 522. The van der Waals surface area contributed by atoms with Gasteiger partial charge in [0.1, 0.15) is 12.0 Å². The van der Waals surface area contributed by atoms with Crippen LogP contribution in [0.25, 0.3) is 0 Å². The van der Waals surface area contributed by atoms with E-state index in [0.717, 1.165) is 11.8 Å². The van der Waals surface area contributed by atoms with Gasteiger partial charge in [0, 0.05) is 6.26 Å². The van der Waals surface area contributed by atoms with Gasteiger partial charge in [0.05, 0.1) is 11.4 Å². The van der Waals surface area contributed by atoms with Crippen LogP contribution in [-0.2, 0) is 21.1 Å². The van der Waals surface area contributed by atoms with Crippen molar-refractivity contribution in [2.45, 2.75) is 30.9 Å². The van der Waals surface area contributed by atoms with Crippen molar-refractivity contribution in [1.29, 1.82) is 0 Å². The number of nitrogens with one attached hydrogen (secondary N) is 1. The quantitative estimate of drug-likeness (QED) is 0.714. The predicted octanol–water partition coefficient (Wildman–Crippen LogP) is 0.520. The van der Waals surface area contributed by atoms with E-state index in [0.29, 0.717) is 12.8 Å². The highest BCUT2D eigenvalue weighted by Gasteiger charge is 2.08. The van der Waals surface area contributed by atoms with Crippen LogP contribution in [0.3, 0.4) is 0 Å². The number of aliphatic hydroxyl groups is 1. The maximum atomic E-state index is 11.3. The van der Waals surface area contributed by atoms with Gasteiger partial charge in [-0.3, -0.25) is 10.1 Å². The second-order valence-electron chi connectivity index (χ2n) is 4.55. The van der Waals surface area contributed by atoms with Gasteiger partial charge in [-0.1, -0.05) is 12.1 Å². The van der Waals surface area contributed by atoms with Crippen molar-refractivity contribution >= 4 is 15.6 Å². The number of hydrogen-bond acceptors (Lipinski definition) is 5. The summed E-state index contributed by atoms with van der Waals surface area (Å²) in [7, 11) is -3.17. The molecule has 2 N–H and O–H groups in total. The molecule has 6 heteroatoms. The molecule has 106 valence electrons. The van der Waals surface area contributed by atoms with Crippen molar-refractivity contribution < 1.29 is 18.3 Å². The van der Waals surface area contributed by atoms with Crippen LogP contribution in [0.2, 0.25) is 0 Å². The maximum Gasteiger partial charge on any atom is 0.175 e. The van der Waals surface area contributed by atoms with Crippen molar-refractivity contribution in [3.8, 4) is 0 Å². The lowest BCUT2D eigenvalue weighted by molar-refractivity contribution is -0.116. The summed E-state index contributed by atoms with van der Waals surface area (Å²) in [6, 6.07) is 6.57. The van der Waals surface area contributed by atoms with Crippen molar-refractivity contribution in [3.63, 3.8) is 0 Å². The number of aryl methyl sites for hydroxylation is 1. The zero-order chi connectivity index (χ0) is 14.5. The molecule has 0 heterocycles. The van der Waals surface area contributed by atoms with Gasteiger partial charge in [0.25, 0.3) is 0 Å². The largest absolute Gasteiger partial charge is 0.379 e. The smallest absolute Gasteiger partial charge is 0.175 e. The summed E-state index contributed by atoms with van der Waals surface area (Å²) in [5.41, 5.74) is 0.941.